The molecule has 1 atom stereocenters. The molecule has 0 heterocycles. The van der Waals surface area contributed by atoms with Gasteiger partial charge < -0.3 is 10.0 Å². The number of hydrogen-bond acceptors (Lipinski definition) is 2. The number of aliphatic hydroxyl groups excluding tert-OH is 1. The van der Waals surface area contributed by atoms with E-state index in [4.69, 9.17) is 0 Å². The smallest absolute Gasteiger partial charge is 0.0761 e. The van der Waals surface area contributed by atoms with Gasteiger partial charge in [0.05, 0.1) is 6.10 Å². The molecule has 2 heteroatoms. The summed E-state index contributed by atoms with van der Waals surface area (Å²) in [7, 11) is 0. The highest BCUT2D eigenvalue weighted by Crippen LogP contribution is 2.27. The average molecular weight is 255 g/mol. The lowest BCUT2D eigenvalue weighted by Gasteiger charge is -2.24. The van der Waals surface area contributed by atoms with Gasteiger partial charge in [-0.3, -0.25) is 0 Å². The minimum Gasteiger partial charge on any atom is -0.389 e. The molecule has 0 bridgehead atoms. The Labute approximate surface area is 115 Å². The van der Waals surface area contributed by atoms with Crippen molar-refractivity contribution in [2.24, 2.45) is 0 Å². The second-order valence-corrected chi connectivity index (χ2v) is 4.85. The van der Waals surface area contributed by atoms with Gasteiger partial charge in [0.25, 0.3) is 0 Å². The first kappa shape index (κ1) is 13.6. The molecule has 0 radical (unpaired) electrons. The summed E-state index contributed by atoms with van der Waals surface area (Å²) in [6, 6.07) is 16.6. The van der Waals surface area contributed by atoms with Gasteiger partial charge in [-0.1, -0.05) is 24.3 Å². The monoisotopic (exact) mass is 255 g/mol. The van der Waals surface area contributed by atoms with E-state index < -0.39 is 6.10 Å². The number of nitrogens with zero attached hydrogens (tertiary/aromatic N) is 1. The van der Waals surface area contributed by atoms with Crippen molar-refractivity contribution in [2.75, 3.05) is 11.4 Å². The summed E-state index contributed by atoms with van der Waals surface area (Å²) in [5.74, 6) is 0. The average Bonchev–Trinajstić information content (AvgIpc) is 2.40. The van der Waals surface area contributed by atoms with E-state index in [1.165, 1.54) is 11.3 Å². The van der Waals surface area contributed by atoms with Crippen LogP contribution < -0.4 is 4.90 Å². The van der Waals surface area contributed by atoms with Crippen molar-refractivity contribution in [3.63, 3.8) is 0 Å². The van der Waals surface area contributed by atoms with Gasteiger partial charge in [0.1, 0.15) is 0 Å². The largest absolute Gasteiger partial charge is 0.389 e. The third-order valence-corrected chi connectivity index (χ3v) is 3.32. The molecular weight excluding hydrogens is 234 g/mol. The van der Waals surface area contributed by atoms with Crippen molar-refractivity contribution < 1.29 is 5.11 Å². The van der Waals surface area contributed by atoms with Gasteiger partial charge in [0.15, 0.2) is 0 Å². The lowest BCUT2D eigenvalue weighted by molar-refractivity contribution is 0.199. The molecule has 0 aliphatic rings. The van der Waals surface area contributed by atoms with Crippen molar-refractivity contribution in [3.8, 4) is 0 Å². The van der Waals surface area contributed by atoms with Crippen molar-refractivity contribution in [3.05, 3.63) is 59.7 Å². The summed E-state index contributed by atoms with van der Waals surface area (Å²) in [5, 5.41) is 9.55. The predicted octanol–water partition coefficient (Wildman–Crippen LogP) is 4.21. The molecule has 2 aromatic carbocycles. The van der Waals surface area contributed by atoms with Crippen molar-refractivity contribution in [1.29, 1.82) is 0 Å². The van der Waals surface area contributed by atoms with Crippen molar-refractivity contribution in [1.82, 2.24) is 0 Å². The standard InChI is InChI=1S/C17H21NO/c1-4-18(17-7-5-6-13(2)12-17)16-10-8-15(9-11-16)14(3)19/h5-12,14,19H,4H2,1-3H3/t14-/m0/s1. The Hall–Kier alpha value is -1.80. The quantitative estimate of drug-likeness (QED) is 0.884. The molecule has 2 nitrogen and oxygen atoms in total. The van der Waals surface area contributed by atoms with E-state index in [0.29, 0.717) is 0 Å². The highest BCUT2D eigenvalue weighted by Gasteiger charge is 2.08. The van der Waals surface area contributed by atoms with Gasteiger partial charge in [-0.05, 0) is 56.2 Å². The topological polar surface area (TPSA) is 23.5 Å². The number of aryl methyl sites for hydroxylation is 1. The minimum atomic E-state index is -0.414. The normalized spacial score (nSPS) is 12.2. The number of rotatable bonds is 4. The van der Waals surface area contributed by atoms with Crippen LogP contribution >= 0.6 is 0 Å². The van der Waals surface area contributed by atoms with Crippen LogP contribution in [-0.4, -0.2) is 11.7 Å². The van der Waals surface area contributed by atoms with Crippen LogP contribution in [0.1, 0.15) is 31.1 Å². The van der Waals surface area contributed by atoms with Crippen LogP contribution in [0, 0.1) is 6.92 Å². The van der Waals surface area contributed by atoms with Crippen LogP contribution in [0.5, 0.6) is 0 Å². The number of hydrogen-bond donors (Lipinski definition) is 1. The minimum absolute atomic E-state index is 0.414. The second kappa shape index (κ2) is 5.89. The van der Waals surface area contributed by atoms with Crippen molar-refractivity contribution in [2.45, 2.75) is 26.9 Å². The number of anilines is 2. The maximum absolute atomic E-state index is 9.55. The summed E-state index contributed by atoms with van der Waals surface area (Å²) in [6.07, 6.45) is -0.414. The molecule has 0 aromatic heterocycles. The molecule has 0 aliphatic heterocycles. The molecule has 1 N–H and O–H groups in total. The highest BCUT2D eigenvalue weighted by molar-refractivity contribution is 5.64. The second-order valence-electron chi connectivity index (χ2n) is 4.85. The van der Waals surface area contributed by atoms with Gasteiger partial charge >= 0.3 is 0 Å². The molecule has 0 saturated heterocycles. The number of aliphatic hydroxyl groups is 1. The Kier molecular flexibility index (Phi) is 4.23. The molecule has 0 fully saturated rings. The maximum Gasteiger partial charge on any atom is 0.0761 e. The van der Waals surface area contributed by atoms with Gasteiger partial charge in [-0.2, -0.15) is 0 Å². The number of benzene rings is 2. The molecule has 0 spiro atoms. The lowest BCUT2D eigenvalue weighted by Crippen LogP contribution is -2.16. The Morgan fingerprint density at radius 3 is 2.26 bits per heavy atom. The molecule has 100 valence electrons. The molecule has 2 aromatic rings. The third-order valence-electron chi connectivity index (χ3n) is 3.32. The van der Waals surface area contributed by atoms with Crippen LogP contribution in [0.25, 0.3) is 0 Å². The molecule has 0 amide bonds. The summed E-state index contributed by atoms with van der Waals surface area (Å²) >= 11 is 0. The maximum atomic E-state index is 9.55. The van der Waals surface area contributed by atoms with Crippen LogP contribution in [0.4, 0.5) is 11.4 Å². The van der Waals surface area contributed by atoms with E-state index in [0.717, 1.165) is 17.8 Å². The van der Waals surface area contributed by atoms with E-state index >= 15 is 0 Å². The fourth-order valence-electron chi connectivity index (χ4n) is 2.24. The summed E-state index contributed by atoms with van der Waals surface area (Å²) in [4.78, 5) is 2.26. The zero-order chi connectivity index (χ0) is 13.8. The van der Waals surface area contributed by atoms with Gasteiger partial charge in [-0.25, -0.2) is 0 Å². The van der Waals surface area contributed by atoms with Crippen LogP contribution in [-0.2, 0) is 0 Å². The zero-order valence-electron chi connectivity index (χ0n) is 11.8. The van der Waals surface area contributed by atoms with E-state index in [9.17, 15) is 5.11 Å². The fourth-order valence-corrected chi connectivity index (χ4v) is 2.24. The van der Waals surface area contributed by atoms with Crippen LogP contribution in [0.3, 0.4) is 0 Å². The summed E-state index contributed by atoms with van der Waals surface area (Å²) in [5.41, 5.74) is 4.56. The Morgan fingerprint density at radius 2 is 1.74 bits per heavy atom. The van der Waals surface area contributed by atoms with Gasteiger partial charge in [0.2, 0.25) is 0 Å². The zero-order valence-corrected chi connectivity index (χ0v) is 11.8. The molecule has 0 saturated carbocycles. The van der Waals surface area contributed by atoms with Crippen molar-refractivity contribution >= 4 is 11.4 Å². The first-order valence-corrected chi connectivity index (χ1v) is 6.74. The Bertz CT molecular complexity index is 531. The van der Waals surface area contributed by atoms with Gasteiger partial charge in [-0.15, -0.1) is 0 Å². The Balaban J connectivity index is 2.31. The molecule has 19 heavy (non-hydrogen) atoms. The third kappa shape index (κ3) is 3.15. The first-order valence-electron chi connectivity index (χ1n) is 6.74. The van der Waals surface area contributed by atoms with E-state index in [-0.39, 0.29) is 0 Å². The highest BCUT2D eigenvalue weighted by atomic mass is 16.3. The van der Waals surface area contributed by atoms with E-state index in [1.807, 2.05) is 12.1 Å². The summed E-state index contributed by atoms with van der Waals surface area (Å²) in [6.45, 7) is 6.95. The van der Waals surface area contributed by atoms with Crippen LogP contribution in [0.15, 0.2) is 48.5 Å². The van der Waals surface area contributed by atoms with E-state index in [2.05, 4.69) is 55.1 Å². The molecule has 2 rings (SSSR count). The first-order chi connectivity index (χ1) is 9.11. The molecule has 0 aliphatic carbocycles. The lowest BCUT2D eigenvalue weighted by atomic mass is 10.1. The van der Waals surface area contributed by atoms with Crippen LogP contribution in [0.2, 0.25) is 0 Å². The fraction of sp³-hybridized carbons (Fsp3) is 0.294. The SMILES string of the molecule is CCN(c1ccc([C@H](C)O)cc1)c1cccc(C)c1. The predicted molar refractivity (Wildman–Crippen MR) is 80.9 cm³/mol. The summed E-state index contributed by atoms with van der Waals surface area (Å²) < 4.78 is 0. The van der Waals surface area contributed by atoms with E-state index in [1.54, 1.807) is 6.92 Å². The van der Waals surface area contributed by atoms with Gasteiger partial charge in [0, 0.05) is 17.9 Å². The molecule has 0 unspecified atom stereocenters. The Morgan fingerprint density at radius 1 is 1.05 bits per heavy atom. The molecular formula is C17H21NO.